The highest BCUT2D eigenvalue weighted by atomic mass is 32.1. The number of aromatic nitrogens is 1. The second-order valence-electron chi connectivity index (χ2n) is 5.72. The summed E-state index contributed by atoms with van der Waals surface area (Å²) in [5.41, 5.74) is 1.03. The SMILES string of the molecule is CCC1CCNC(C(=O)NC(C)c2sc(C)nc2C)C1. The van der Waals surface area contributed by atoms with Gasteiger partial charge in [0.1, 0.15) is 0 Å². The molecule has 1 fully saturated rings. The molecule has 1 aromatic heterocycles. The van der Waals surface area contributed by atoms with Crippen molar-refractivity contribution in [3.63, 3.8) is 0 Å². The predicted molar refractivity (Wildman–Crippen MR) is 83.0 cm³/mol. The molecule has 0 radical (unpaired) electrons. The second kappa shape index (κ2) is 6.68. The molecule has 0 aromatic carbocycles. The van der Waals surface area contributed by atoms with Gasteiger partial charge >= 0.3 is 0 Å². The summed E-state index contributed by atoms with van der Waals surface area (Å²) in [6.45, 7) is 9.20. The lowest BCUT2D eigenvalue weighted by molar-refractivity contribution is -0.124. The minimum absolute atomic E-state index is 0.0366. The van der Waals surface area contributed by atoms with E-state index in [2.05, 4.69) is 22.5 Å². The average molecular weight is 295 g/mol. The third-order valence-corrected chi connectivity index (χ3v) is 5.35. The lowest BCUT2D eigenvalue weighted by Gasteiger charge is -2.29. The van der Waals surface area contributed by atoms with Crippen LogP contribution in [0.1, 0.15) is 54.7 Å². The Morgan fingerprint density at radius 2 is 2.30 bits per heavy atom. The van der Waals surface area contributed by atoms with Gasteiger partial charge in [0, 0.05) is 4.88 Å². The van der Waals surface area contributed by atoms with Gasteiger partial charge in [0.05, 0.1) is 22.8 Å². The molecule has 2 heterocycles. The first-order valence-electron chi connectivity index (χ1n) is 7.49. The second-order valence-corrected chi connectivity index (χ2v) is 6.95. The van der Waals surface area contributed by atoms with Crippen molar-refractivity contribution >= 4 is 17.2 Å². The Bertz CT molecular complexity index is 472. The topological polar surface area (TPSA) is 54.0 Å². The molecular formula is C15H25N3OS. The molecule has 1 aliphatic heterocycles. The third kappa shape index (κ3) is 3.58. The van der Waals surface area contributed by atoms with Crippen LogP contribution in [0, 0.1) is 19.8 Å². The van der Waals surface area contributed by atoms with Gasteiger partial charge in [-0.25, -0.2) is 4.98 Å². The molecule has 0 spiro atoms. The van der Waals surface area contributed by atoms with Gasteiger partial charge in [-0.2, -0.15) is 0 Å². The van der Waals surface area contributed by atoms with Crippen LogP contribution in [0.15, 0.2) is 0 Å². The smallest absolute Gasteiger partial charge is 0.237 e. The number of nitrogens with zero attached hydrogens (tertiary/aromatic N) is 1. The monoisotopic (exact) mass is 295 g/mol. The molecule has 3 atom stereocenters. The van der Waals surface area contributed by atoms with Crippen LogP contribution in [-0.2, 0) is 4.79 Å². The number of hydrogen-bond acceptors (Lipinski definition) is 4. The highest BCUT2D eigenvalue weighted by Crippen LogP contribution is 2.25. The van der Waals surface area contributed by atoms with E-state index < -0.39 is 0 Å². The first-order valence-corrected chi connectivity index (χ1v) is 8.30. The van der Waals surface area contributed by atoms with Gasteiger partial charge in [0.15, 0.2) is 0 Å². The molecule has 1 amide bonds. The van der Waals surface area contributed by atoms with Crippen LogP contribution in [0.4, 0.5) is 0 Å². The Morgan fingerprint density at radius 3 is 2.90 bits per heavy atom. The summed E-state index contributed by atoms with van der Waals surface area (Å²) < 4.78 is 0. The largest absolute Gasteiger partial charge is 0.347 e. The van der Waals surface area contributed by atoms with Crippen molar-refractivity contribution in [1.29, 1.82) is 0 Å². The number of hydrogen-bond donors (Lipinski definition) is 2. The van der Waals surface area contributed by atoms with E-state index in [0.29, 0.717) is 5.92 Å². The number of nitrogens with one attached hydrogen (secondary N) is 2. The molecule has 0 aliphatic carbocycles. The normalized spacial score (nSPS) is 24.4. The van der Waals surface area contributed by atoms with E-state index in [4.69, 9.17) is 0 Å². The number of aryl methyl sites for hydroxylation is 2. The van der Waals surface area contributed by atoms with Crippen molar-refractivity contribution in [3.8, 4) is 0 Å². The molecule has 112 valence electrons. The number of rotatable bonds is 4. The molecule has 3 unspecified atom stereocenters. The molecule has 2 rings (SSSR count). The molecule has 1 aromatic rings. The first-order chi connectivity index (χ1) is 9.51. The number of piperidine rings is 1. The Labute approximate surface area is 125 Å². The van der Waals surface area contributed by atoms with Crippen LogP contribution < -0.4 is 10.6 Å². The Balaban J connectivity index is 1.95. The summed E-state index contributed by atoms with van der Waals surface area (Å²) in [5.74, 6) is 0.802. The fraction of sp³-hybridized carbons (Fsp3) is 0.733. The lowest BCUT2D eigenvalue weighted by Crippen LogP contribution is -2.49. The van der Waals surface area contributed by atoms with Crippen LogP contribution in [0.3, 0.4) is 0 Å². The van der Waals surface area contributed by atoms with Crippen molar-refractivity contribution in [1.82, 2.24) is 15.6 Å². The van der Waals surface area contributed by atoms with E-state index in [-0.39, 0.29) is 18.0 Å². The molecule has 2 N–H and O–H groups in total. The van der Waals surface area contributed by atoms with E-state index in [9.17, 15) is 4.79 Å². The van der Waals surface area contributed by atoms with Crippen molar-refractivity contribution < 1.29 is 4.79 Å². The summed E-state index contributed by atoms with van der Waals surface area (Å²) in [6.07, 6.45) is 3.30. The van der Waals surface area contributed by atoms with Crippen LogP contribution in [-0.4, -0.2) is 23.5 Å². The van der Waals surface area contributed by atoms with Gasteiger partial charge in [-0.1, -0.05) is 13.3 Å². The maximum Gasteiger partial charge on any atom is 0.237 e. The summed E-state index contributed by atoms with van der Waals surface area (Å²) in [7, 11) is 0. The van der Waals surface area contributed by atoms with Crippen molar-refractivity contribution in [2.24, 2.45) is 5.92 Å². The van der Waals surface area contributed by atoms with Crippen molar-refractivity contribution in [3.05, 3.63) is 15.6 Å². The molecule has 0 saturated carbocycles. The van der Waals surface area contributed by atoms with E-state index >= 15 is 0 Å². The van der Waals surface area contributed by atoms with Gasteiger partial charge in [-0.05, 0) is 46.1 Å². The van der Waals surface area contributed by atoms with Crippen LogP contribution >= 0.6 is 11.3 Å². The van der Waals surface area contributed by atoms with Crippen LogP contribution in [0.25, 0.3) is 0 Å². The highest BCUT2D eigenvalue weighted by Gasteiger charge is 2.27. The number of amides is 1. The van der Waals surface area contributed by atoms with E-state index in [1.807, 2.05) is 20.8 Å². The third-order valence-electron chi connectivity index (χ3n) is 4.10. The lowest BCUT2D eigenvalue weighted by atomic mass is 9.90. The number of carbonyl (C=O) groups excluding carboxylic acids is 1. The fourth-order valence-electron chi connectivity index (χ4n) is 2.90. The summed E-state index contributed by atoms with van der Waals surface area (Å²) >= 11 is 1.67. The Morgan fingerprint density at radius 1 is 1.55 bits per heavy atom. The molecular weight excluding hydrogens is 270 g/mol. The summed E-state index contributed by atoms with van der Waals surface area (Å²) in [4.78, 5) is 18.0. The fourth-order valence-corrected chi connectivity index (χ4v) is 3.82. The van der Waals surface area contributed by atoms with Gasteiger partial charge in [0.2, 0.25) is 5.91 Å². The number of carbonyl (C=O) groups is 1. The maximum absolute atomic E-state index is 12.4. The van der Waals surface area contributed by atoms with Crippen LogP contribution in [0.2, 0.25) is 0 Å². The predicted octanol–water partition coefficient (Wildman–Crippen LogP) is 2.72. The molecule has 20 heavy (non-hydrogen) atoms. The van der Waals surface area contributed by atoms with Gasteiger partial charge in [-0.3, -0.25) is 4.79 Å². The van der Waals surface area contributed by atoms with Gasteiger partial charge < -0.3 is 10.6 Å². The zero-order valence-corrected chi connectivity index (χ0v) is 13.6. The first kappa shape index (κ1) is 15.4. The molecule has 4 nitrogen and oxygen atoms in total. The minimum Gasteiger partial charge on any atom is -0.347 e. The quantitative estimate of drug-likeness (QED) is 0.898. The summed E-state index contributed by atoms with van der Waals surface area (Å²) in [5, 5.41) is 7.53. The highest BCUT2D eigenvalue weighted by molar-refractivity contribution is 7.11. The van der Waals surface area contributed by atoms with Gasteiger partial charge in [0.25, 0.3) is 0 Å². The maximum atomic E-state index is 12.4. The van der Waals surface area contributed by atoms with E-state index in [0.717, 1.165) is 30.1 Å². The zero-order valence-electron chi connectivity index (χ0n) is 12.8. The number of thiazole rings is 1. The molecule has 5 heteroatoms. The Kier molecular flexibility index (Phi) is 5.16. The Hall–Kier alpha value is -0.940. The average Bonchev–Trinajstić information content (AvgIpc) is 2.77. The standard InChI is InChI=1S/C15H25N3OS/c1-5-12-6-7-16-13(8-12)15(19)18-10(3)14-9(2)17-11(4)20-14/h10,12-13,16H,5-8H2,1-4H3,(H,18,19). The van der Waals surface area contributed by atoms with Crippen LogP contribution in [0.5, 0.6) is 0 Å². The molecule has 1 aliphatic rings. The zero-order chi connectivity index (χ0) is 14.7. The summed E-state index contributed by atoms with van der Waals surface area (Å²) in [6, 6.07) is 0.00276. The van der Waals surface area contributed by atoms with Gasteiger partial charge in [-0.15, -0.1) is 11.3 Å². The van der Waals surface area contributed by atoms with Crippen molar-refractivity contribution in [2.75, 3.05) is 6.54 Å². The van der Waals surface area contributed by atoms with Crippen molar-refractivity contribution in [2.45, 2.75) is 59.0 Å². The van der Waals surface area contributed by atoms with E-state index in [1.54, 1.807) is 11.3 Å². The molecule has 0 bridgehead atoms. The molecule has 1 saturated heterocycles. The van der Waals surface area contributed by atoms with E-state index in [1.165, 1.54) is 11.3 Å². The minimum atomic E-state index is -0.0366.